The molecule has 1 saturated heterocycles. The Balaban J connectivity index is 1.81. The third kappa shape index (κ3) is 2.90. The molecule has 2 aliphatic rings. The van der Waals surface area contributed by atoms with E-state index in [1.807, 2.05) is 37.2 Å². The highest BCUT2D eigenvalue weighted by Crippen LogP contribution is 2.37. The van der Waals surface area contributed by atoms with Crippen molar-refractivity contribution in [2.24, 2.45) is 0 Å². The van der Waals surface area contributed by atoms with E-state index in [1.165, 1.54) is 0 Å². The van der Waals surface area contributed by atoms with Gasteiger partial charge in [0.25, 0.3) is 5.91 Å². The number of hydrogen-bond acceptors (Lipinski definition) is 5. The highest BCUT2D eigenvalue weighted by Gasteiger charge is 2.38. The molecule has 2 aliphatic heterocycles. The summed E-state index contributed by atoms with van der Waals surface area (Å²) in [5.74, 6) is -0.0379. The van der Waals surface area contributed by atoms with Crippen LogP contribution in [0.5, 0.6) is 0 Å². The van der Waals surface area contributed by atoms with Crippen LogP contribution in [0.1, 0.15) is 22.0 Å². The maximum Gasteiger partial charge on any atom is 0.257 e. The molecule has 1 aromatic rings. The molecule has 0 aromatic heterocycles. The lowest BCUT2D eigenvalue weighted by atomic mass is 10.0. The molecular weight excluding hydrogens is 292 g/mol. The van der Waals surface area contributed by atoms with Crippen LogP contribution in [0.2, 0.25) is 0 Å². The number of carbonyl (C=O) groups is 1. The zero-order valence-electron chi connectivity index (χ0n) is 13.7. The van der Waals surface area contributed by atoms with Gasteiger partial charge in [0.1, 0.15) is 6.04 Å². The Morgan fingerprint density at radius 1 is 1.30 bits per heavy atom. The van der Waals surface area contributed by atoms with Gasteiger partial charge in [-0.15, -0.1) is 0 Å². The summed E-state index contributed by atoms with van der Waals surface area (Å²) in [6, 6.07) is 7.54. The van der Waals surface area contributed by atoms with Gasteiger partial charge in [0.15, 0.2) is 0 Å². The number of amides is 1. The van der Waals surface area contributed by atoms with Crippen LogP contribution in [0.15, 0.2) is 18.2 Å². The van der Waals surface area contributed by atoms with Gasteiger partial charge in [0, 0.05) is 51.5 Å². The molecule has 2 heterocycles. The Labute approximate surface area is 136 Å². The average Bonchev–Trinajstić information content (AvgIpc) is 2.85. The van der Waals surface area contributed by atoms with Gasteiger partial charge in [0.2, 0.25) is 0 Å². The van der Waals surface area contributed by atoms with Crippen LogP contribution in [-0.2, 0) is 4.74 Å². The lowest BCUT2D eigenvalue weighted by molar-refractivity contribution is 0.0320. The minimum Gasteiger partial charge on any atom is -0.379 e. The Bertz CT molecular complexity index is 632. The first kappa shape index (κ1) is 15.8. The Morgan fingerprint density at radius 3 is 2.70 bits per heavy atom. The van der Waals surface area contributed by atoms with Crippen molar-refractivity contribution < 1.29 is 9.53 Å². The number of fused-ring (bicyclic) bond motifs is 1. The second-order valence-corrected chi connectivity index (χ2v) is 6.12. The largest absolute Gasteiger partial charge is 0.379 e. The third-order valence-electron chi connectivity index (χ3n) is 4.52. The van der Waals surface area contributed by atoms with Gasteiger partial charge in [-0.3, -0.25) is 9.69 Å². The molecule has 122 valence electrons. The van der Waals surface area contributed by atoms with E-state index >= 15 is 0 Å². The summed E-state index contributed by atoms with van der Waals surface area (Å²) in [6.45, 7) is 4.59. The van der Waals surface area contributed by atoms with E-state index in [4.69, 9.17) is 4.74 Å². The molecule has 1 fully saturated rings. The summed E-state index contributed by atoms with van der Waals surface area (Å²) >= 11 is 0. The summed E-state index contributed by atoms with van der Waals surface area (Å²) < 4.78 is 5.35. The van der Waals surface area contributed by atoms with Gasteiger partial charge in [0.05, 0.1) is 24.8 Å². The molecular formula is C17H22N4O2. The van der Waals surface area contributed by atoms with Crippen molar-refractivity contribution in [3.63, 3.8) is 0 Å². The van der Waals surface area contributed by atoms with E-state index in [1.54, 1.807) is 4.90 Å². The van der Waals surface area contributed by atoms with Gasteiger partial charge >= 0.3 is 0 Å². The Morgan fingerprint density at radius 2 is 2.04 bits per heavy atom. The van der Waals surface area contributed by atoms with E-state index in [9.17, 15) is 10.1 Å². The fourth-order valence-corrected chi connectivity index (χ4v) is 3.26. The molecule has 1 amide bonds. The van der Waals surface area contributed by atoms with Crippen molar-refractivity contribution >= 4 is 11.6 Å². The van der Waals surface area contributed by atoms with Gasteiger partial charge in [-0.1, -0.05) is 12.1 Å². The number of anilines is 1. The van der Waals surface area contributed by atoms with E-state index in [2.05, 4.69) is 11.0 Å². The maximum atomic E-state index is 12.9. The first-order valence-corrected chi connectivity index (χ1v) is 7.94. The lowest BCUT2D eigenvalue weighted by Crippen LogP contribution is -2.42. The van der Waals surface area contributed by atoms with Crippen molar-refractivity contribution in [2.45, 2.75) is 6.04 Å². The number of nitriles is 1. The van der Waals surface area contributed by atoms with E-state index in [0.29, 0.717) is 12.1 Å². The van der Waals surface area contributed by atoms with Crippen molar-refractivity contribution in [3.8, 4) is 6.07 Å². The standard InChI is InChI=1S/C17H22N4O2/c1-19(2)14-5-3-4-13-15(12-18)21(17(22)16(13)14)7-6-20-8-10-23-11-9-20/h3-5,15H,6-11H2,1-2H3. The number of nitrogens with zero attached hydrogens (tertiary/aromatic N) is 4. The third-order valence-corrected chi connectivity index (χ3v) is 4.52. The van der Waals surface area contributed by atoms with Crippen LogP contribution in [-0.4, -0.2) is 69.2 Å². The van der Waals surface area contributed by atoms with Gasteiger partial charge in [-0.2, -0.15) is 5.26 Å². The fourth-order valence-electron chi connectivity index (χ4n) is 3.26. The quantitative estimate of drug-likeness (QED) is 0.833. The normalized spacial score (nSPS) is 21.2. The predicted molar refractivity (Wildman–Crippen MR) is 87.4 cm³/mol. The molecule has 3 rings (SSSR count). The summed E-state index contributed by atoms with van der Waals surface area (Å²) in [5, 5.41) is 9.58. The van der Waals surface area contributed by atoms with Crippen molar-refractivity contribution in [2.75, 3.05) is 58.4 Å². The molecule has 0 aliphatic carbocycles. The first-order chi connectivity index (χ1) is 11.1. The maximum absolute atomic E-state index is 12.9. The van der Waals surface area contributed by atoms with E-state index < -0.39 is 6.04 Å². The predicted octanol–water partition coefficient (Wildman–Crippen LogP) is 1.11. The summed E-state index contributed by atoms with van der Waals surface area (Å²) in [4.78, 5) is 18.8. The Kier molecular flexibility index (Phi) is 4.51. The summed E-state index contributed by atoms with van der Waals surface area (Å²) in [5.41, 5.74) is 2.37. The molecule has 0 saturated carbocycles. The molecule has 0 spiro atoms. The second-order valence-electron chi connectivity index (χ2n) is 6.12. The molecule has 6 heteroatoms. The summed E-state index contributed by atoms with van der Waals surface area (Å²) in [6.07, 6.45) is 0. The SMILES string of the molecule is CN(C)c1cccc2c1C(=O)N(CCN1CCOCC1)C2C#N. The number of hydrogen-bond donors (Lipinski definition) is 0. The fraction of sp³-hybridized carbons (Fsp3) is 0.529. The molecule has 0 radical (unpaired) electrons. The zero-order chi connectivity index (χ0) is 16.4. The van der Waals surface area contributed by atoms with Gasteiger partial charge < -0.3 is 14.5 Å². The monoisotopic (exact) mass is 314 g/mol. The van der Waals surface area contributed by atoms with Crippen LogP contribution in [0, 0.1) is 11.3 Å². The van der Waals surface area contributed by atoms with Crippen LogP contribution < -0.4 is 4.90 Å². The van der Waals surface area contributed by atoms with E-state index in [-0.39, 0.29) is 5.91 Å². The minimum absolute atomic E-state index is 0.0379. The molecule has 0 bridgehead atoms. The molecule has 1 aromatic carbocycles. The molecule has 23 heavy (non-hydrogen) atoms. The van der Waals surface area contributed by atoms with Gasteiger partial charge in [-0.25, -0.2) is 0 Å². The number of ether oxygens (including phenoxy) is 1. The topological polar surface area (TPSA) is 59.8 Å². The van der Waals surface area contributed by atoms with Gasteiger partial charge in [-0.05, 0) is 6.07 Å². The van der Waals surface area contributed by atoms with Crippen molar-refractivity contribution in [3.05, 3.63) is 29.3 Å². The van der Waals surface area contributed by atoms with Crippen LogP contribution >= 0.6 is 0 Å². The first-order valence-electron chi connectivity index (χ1n) is 7.94. The van der Waals surface area contributed by atoms with Crippen LogP contribution in [0.4, 0.5) is 5.69 Å². The lowest BCUT2D eigenvalue weighted by Gasteiger charge is -2.29. The molecule has 1 atom stereocenters. The molecule has 0 N–H and O–H groups in total. The van der Waals surface area contributed by atoms with E-state index in [0.717, 1.165) is 44.1 Å². The Hall–Kier alpha value is -2.10. The minimum atomic E-state index is -0.488. The molecule has 1 unspecified atom stereocenters. The van der Waals surface area contributed by atoms with Crippen LogP contribution in [0.3, 0.4) is 0 Å². The zero-order valence-corrected chi connectivity index (χ0v) is 13.7. The number of benzene rings is 1. The smallest absolute Gasteiger partial charge is 0.257 e. The number of carbonyl (C=O) groups excluding carboxylic acids is 1. The highest BCUT2D eigenvalue weighted by molar-refractivity contribution is 6.04. The molecule has 6 nitrogen and oxygen atoms in total. The van der Waals surface area contributed by atoms with Crippen LogP contribution in [0.25, 0.3) is 0 Å². The number of rotatable bonds is 4. The van der Waals surface area contributed by atoms with Crippen molar-refractivity contribution in [1.82, 2.24) is 9.80 Å². The summed E-state index contributed by atoms with van der Waals surface area (Å²) in [7, 11) is 3.83. The average molecular weight is 314 g/mol. The highest BCUT2D eigenvalue weighted by atomic mass is 16.5. The second kappa shape index (κ2) is 6.57. The number of morpholine rings is 1. The van der Waals surface area contributed by atoms with Crippen molar-refractivity contribution in [1.29, 1.82) is 5.26 Å².